The van der Waals surface area contributed by atoms with Gasteiger partial charge in [0, 0.05) is 6.61 Å². The number of hydrogen-bond acceptors (Lipinski definition) is 4. The lowest BCUT2D eigenvalue weighted by molar-refractivity contribution is -0.0926. The van der Waals surface area contributed by atoms with E-state index in [1.807, 2.05) is 0 Å². The summed E-state index contributed by atoms with van der Waals surface area (Å²) in [6, 6.07) is 0. The van der Waals surface area contributed by atoms with E-state index in [2.05, 4.69) is 4.74 Å². The Labute approximate surface area is 66.2 Å². The quantitative estimate of drug-likeness (QED) is 0.548. The van der Waals surface area contributed by atoms with Crippen molar-refractivity contribution in [3.63, 3.8) is 0 Å². The standard InChI is InChI=1S/C5H13NO4S/c1-3-10-5(7)4(2)11(6,8)9/h4-5,7H,3H2,1-2H3,(H2,6,8,9)/t4-,5+/m1/s1. The predicted molar refractivity (Wildman–Crippen MR) is 40.2 cm³/mol. The van der Waals surface area contributed by atoms with Gasteiger partial charge >= 0.3 is 0 Å². The topological polar surface area (TPSA) is 89.6 Å². The van der Waals surface area contributed by atoms with Crippen LogP contribution in [0.1, 0.15) is 13.8 Å². The van der Waals surface area contributed by atoms with Gasteiger partial charge in [0.25, 0.3) is 0 Å². The maximum absolute atomic E-state index is 10.6. The van der Waals surface area contributed by atoms with Crippen LogP contribution in [0.15, 0.2) is 0 Å². The Morgan fingerprint density at radius 3 is 2.36 bits per heavy atom. The first-order chi connectivity index (χ1) is 4.89. The molecule has 0 aromatic rings. The largest absolute Gasteiger partial charge is 0.367 e. The molecule has 11 heavy (non-hydrogen) atoms. The van der Waals surface area contributed by atoms with E-state index in [4.69, 9.17) is 10.2 Å². The Kier molecular flexibility index (Phi) is 3.95. The van der Waals surface area contributed by atoms with Gasteiger partial charge in [0.2, 0.25) is 10.0 Å². The molecule has 68 valence electrons. The van der Waals surface area contributed by atoms with Crippen molar-refractivity contribution < 1.29 is 18.3 Å². The highest BCUT2D eigenvalue weighted by molar-refractivity contribution is 7.89. The van der Waals surface area contributed by atoms with E-state index in [-0.39, 0.29) is 6.61 Å². The zero-order valence-corrected chi connectivity index (χ0v) is 7.34. The summed E-state index contributed by atoms with van der Waals surface area (Å²) in [5.74, 6) is 0. The first-order valence-electron chi connectivity index (χ1n) is 3.21. The summed E-state index contributed by atoms with van der Waals surface area (Å²) in [4.78, 5) is 0. The van der Waals surface area contributed by atoms with Crippen molar-refractivity contribution in [3.8, 4) is 0 Å². The highest BCUT2D eigenvalue weighted by Crippen LogP contribution is 2.02. The lowest BCUT2D eigenvalue weighted by Crippen LogP contribution is -2.37. The highest BCUT2D eigenvalue weighted by Gasteiger charge is 2.24. The second-order valence-electron chi connectivity index (χ2n) is 2.14. The molecule has 0 spiro atoms. The van der Waals surface area contributed by atoms with Gasteiger partial charge in [-0.3, -0.25) is 0 Å². The summed E-state index contributed by atoms with van der Waals surface area (Å²) in [6.07, 6.45) is -1.34. The average Bonchev–Trinajstić information content (AvgIpc) is 1.85. The number of ether oxygens (including phenoxy) is 1. The Morgan fingerprint density at radius 1 is 1.64 bits per heavy atom. The van der Waals surface area contributed by atoms with Crippen molar-refractivity contribution in [1.29, 1.82) is 0 Å². The molecule has 0 bridgehead atoms. The van der Waals surface area contributed by atoms with Gasteiger partial charge in [-0.05, 0) is 13.8 Å². The van der Waals surface area contributed by atoms with Gasteiger partial charge in [-0.15, -0.1) is 0 Å². The van der Waals surface area contributed by atoms with Crippen LogP contribution >= 0.6 is 0 Å². The molecule has 0 aromatic heterocycles. The Bertz CT molecular complexity index is 201. The molecule has 5 nitrogen and oxygen atoms in total. The minimum Gasteiger partial charge on any atom is -0.367 e. The van der Waals surface area contributed by atoms with Gasteiger partial charge in [-0.25, -0.2) is 13.6 Å². The summed E-state index contributed by atoms with van der Waals surface area (Å²) in [5, 5.41) is 12.6. The maximum Gasteiger partial charge on any atom is 0.216 e. The minimum absolute atomic E-state index is 0.251. The molecule has 0 unspecified atom stereocenters. The molecule has 2 atom stereocenters. The first kappa shape index (κ1) is 10.8. The SMILES string of the molecule is CCO[C@H](O)[C@@H](C)S(N)(=O)=O. The molecule has 0 aliphatic rings. The maximum atomic E-state index is 10.6. The lowest BCUT2D eigenvalue weighted by Gasteiger charge is -2.15. The van der Waals surface area contributed by atoms with E-state index in [1.54, 1.807) is 6.92 Å². The summed E-state index contributed by atoms with van der Waals surface area (Å²) >= 11 is 0. The molecule has 0 heterocycles. The molecule has 0 amide bonds. The van der Waals surface area contributed by atoms with E-state index in [9.17, 15) is 8.42 Å². The van der Waals surface area contributed by atoms with E-state index < -0.39 is 21.6 Å². The second kappa shape index (κ2) is 4.01. The smallest absolute Gasteiger partial charge is 0.216 e. The number of sulfonamides is 1. The van der Waals surface area contributed by atoms with Crippen molar-refractivity contribution in [1.82, 2.24) is 0 Å². The van der Waals surface area contributed by atoms with Crippen LogP contribution in [0.3, 0.4) is 0 Å². The number of nitrogens with two attached hydrogens (primary N) is 1. The lowest BCUT2D eigenvalue weighted by atomic mass is 10.5. The number of aliphatic hydroxyl groups is 1. The molecular weight excluding hydrogens is 170 g/mol. The molecule has 3 N–H and O–H groups in total. The van der Waals surface area contributed by atoms with E-state index >= 15 is 0 Å². The van der Waals surface area contributed by atoms with Crippen molar-refractivity contribution in [3.05, 3.63) is 0 Å². The number of rotatable bonds is 4. The molecule has 0 aliphatic heterocycles. The van der Waals surface area contributed by atoms with Crippen LogP contribution in [0.4, 0.5) is 0 Å². The molecule has 0 rings (SSSR count). The number of hydrogen-bond donors (Lipinski definition) is 2. The van der Waals surface area contributed by atoms with Crippen LogP contribution in [-0.2, 0) is 14.8 Å². The van der Waals surface area contributed by atoms with Crippen LogP contribution in [0.25, 0.3) is 0 Å². The summed E-state index contributed by atoms with van der Waals surface area (Å²) in [6.45, 7) is 3.19. The average molecular weight is 183 g/mol. The number of aliphatic hydroxyl groups excluding tert-OH is 1. The molecule has 0 aromatic carbocycles. The van der Waals surface area contributed by atoms with Crippen LogP contribution < -0.4 is 5.14 Å². The van der Waals surface area contributed by atoms with Gasteiger partial charge in [-0.1, -0.05) is 0 Å². The third kappa shape index (κ3) is 3.66. The van der Waals surface area contributed by atoms with E-state index in [0.717, 1.165) is 0 Å². The first-order valence-corrected chi connectivity index (χ1v) is 4.81. The molecule has 0 aliphatic carbocycles. The highest BCUT2D eigenvalue weighted by atomic mass is 32.2. The van der Waals surface area contributed by atoms with Gasteiger partial charge in [0.05, 0.1) is 0 Å². The van der Waals surface area contributed by atoms with Crippen LogP contribution in [0.5, 0.6) is 0 Å². The second-order valence-corrected chi connectivity index (χ2v) is 4.06. The third-order valence-electron chi connectivity index (χ3n) is 1.26. The monoisotopic (exact) mass is 183 g/mol. The zero-order valence-electron chi connectivity index (χ0n) is 6.52. The molecule has 6 heteroatoms. The fourth-order valence-corrected chi connectivity index (χ4v) is 0.872. The van der Waals surface area contributed by atoms with Gasteiger partial charge < -0.3 is 9.84 Å². The molecular formula is C5H13NO4S. The van der Waals surface area contributed by atoms with E-state index in [0.29, 0.717) is 0 Å². The fourth-order valence-electron chi connectivity index (χ4n) is 0.469. The fraction of sp³-hybridized carbons (Fsp3) is 1.00. The van der Waals surface area contributed by atoms with Crippen LogP contribution in [0.2, 0.25) is 0 Å². The summed E-state index contributed by atoms with van der Waals surface area (Å²) < 4.78 is 25.8. The Morgan fingerprint density at radius 2 is 2.09 bits per heavy atom. The Hall–Kier alpha value is -0.170. The third-order valence-corrected chi connectivity index (χ3v) is 2.53. The summed E-state index contributed by atoms with van der Waals surface area (Å²) in [7, 11) is -3.70. The zero-order chi connectivity index (χ0) is 9.07. The van der Waals surface area contributed by atoms with Gasteiger partial charge in [-0.2, -0.15) is 0 Å². The molecule has 0 saturated heterocycles. The predicted octanol–water partition coefficient (Wildman–Crippen LogP) is -0.982. The van der Waals surface area contributed by atoms with Crippen molar-refractivity contribution >= 4 is 10.0 Å². The van der Waals surface area contributed by atoms with Gasteiger partial charge in [0.15, 0.2) is 6.29 Å². The van der Waals surface area contributed by atoms with Crippen LogP contribution in [-0.4, -0.2) is 31.7 Å². The molecule has 0 fully saturated rings. The molecule has 0 saturated carbocycles. The minimum atomic E-state index is -3.70. The van der Waals surface area contributed by atoms with Crippen molar-refractivity contribution in [2.75, 3.05) is 6.61 Å². The van der Waals surface area contributed by atoms with Gasteiger partial charge in [0.1, 0.15) is 5.25 Å². The van der Waals surface area contributed by atoms with Crippen LogP contribution in [0, 0.1) is 0 Å². The normalized spacial score (nSPS) is 17.8. The van der Waals surface area contributed by atoms with E-state index in [1.165, 1.54) is 6.92 Å². The number of primary sulfonamides is 1. The Balaban J connectivity index is 4.14. The molecule has 0 radical (unpaired) electrons. The summed E-state index contributed by atoms with van der Waals surface area (Å²) in [5.41, 5.74) is 0. The van der Waals surface area contributed by atoms with Crippen molar-refractivity contribution in [2.45, 2.75) is 25.4 Å². The van der Waals surface area contributed by atoms with Crippen molar-refractivity contribution in [2.24, 2.45) is 5.14 Å².